The second-order valence-corrected chi connectivity index (χ2v) is 9.50. The van der Waals surface area contributed by atoms with Gasteiger partial charge in [0.25, 0.3) is 0 Å². The zero-order valence-corrected chi connectivity index (χ0v) is 23.4. The molecule has 0 saturated heterocycles. The number of amides is 1. The molecule has 0 spiro atoms. The first-order valence-electron chi connectivity index (χ1n) is 13.4. The summed E-state index contributed by atoms with van der Waals surface area (Å²) in [6.07, 6.45) is 0. The molecule has 1 amide bonds. The fourth-order valence-electron chi connectivity index (χ4n) is 4.40. The molecule has 2 N–H and O–H groups in total. The van der Waals surface area contributed by atoms with E-state index in [9.17, 15) is 13.6 Å². The first kappa shape index (κ1) is 29.6. The topological polar surface area (TPSA) is 68.8 Å². The molecule has 4 rings (SSSR count). The lowest BCUT2D eigenvalue weighted by molar-refractivity contribution is -0.118. The normalized spacial score (nSPS) is 10.8. The van der Waals surface area contributed by atoms with Gasteiger partial charge >= 0.3 is 0 Å². The Labute approximate surface area is 239 Å². The van der Waals surface area contributed by atoms with Gasteiger partial charge in [0.1, 0.15) is 30.5 Å². The third-order valence-electron chi connectivity index (χ3n) is 6.70. The molecule has 0 aliphatic rings. The van der Waals surface area contributed by atoms with Crippen LogP contribution in [-0.2, 0) is 24.6 Å². The van der Waals surface area contributed by atoms with Crippen molar-refractivity contribution >= 4 is 5.91 Å². The highest BCUT2D eigenvalue weighted by atomic mass is 19.1. The van der Waals surface area contributed by atoms with Crippen LogP contribution < -0.4 is 24.8 Å². The predicted octanol–water partition coefficient (Wildman–Crippen LogP) is 6.33. The average molecular weight is 561 g/mol. The first-order chi connectivity index (χ1) is 19.9. The minimum Gasteiger partial charge on any atom is -0.494 e. The fraction of sp³-hybridized carbons (Fsp3) is 0.242. The Balaban J connectivity index is 1.52. The molecule has 0 aromatic heterocycles. The van der Waals surface area contributed by atoms with Crippen molar-refractivity contribution in [1.82, 2.24) is 10.6 Å². The largest absolute Gasteiger partial charge is 0.494 e. The second-order valence-electron chi connectivity index (χ2n) is 9.50. The number of halogens is 2. The van der Waals surface area contributed by atoms with Crippen LogP contribution in [0.15, 0.2) is 78.9 Å². The Morgan fingerprint density at radius 2 is 1.63 bits per heavy atom. The number of benzene rings is 4. The third-order valence-corrected chi connectivity index (χ3v) is 6.70. The molecule has 0 atom stereocenters. The Bertz CT molecular complexity index is 1480. The Morgan fingerprint density at radius 1 is 0.829 bits per heavy atom. The molecule has 0 radical (unpaired) electrons. The van der Waals surface area contributed by atoms with Crippen LogP contribution >= 0.6 is 0 Å². The lowest BCUT2D eigenvalue weighted by Crippen LogP contribution is -2.30. The van der Waals surface area contributed by atoms with Crippen molar-refractivity contribution in [3.63, 3.8) is 0 Å². The molecular formula is C33H34F2N2O4. The number of rotatable bonds is 13. The van der Waals surface area contributed by atoms with Crippen molar-refractivity contribution in [2.24, 2.45) is 0 Å². The van der Waals surface area contributed by atoms with Crippen molar-refractivity contribution in [1.29, 1.82) is 0 Å². The Morgan fingerprint density at radius 3 is 2.39 bits per heavy atom. The molecule has 0 bridgehead atoms. The van der Waals surface area contributed by atoms with Crippen LogP contribution in [0.4, 0.5) is 8.78 Å². The van der Waals surface area contributed by atoms with Crippen molar-refractivity contribution in [2.75, 3.05) is 20.2 Å². The van der Waals surface area contributed by atoms with E-state index in [4.69, 9.17) is 14.2 Å². The molecule has 0 saturated carbocycles. The number of hydrogen-bond donors (Lipinski definition) is 2. The molecule has 0 aliphatic carbocycles. The summed E-state index contributed by atoms with van der Waals surface area (Å²) in [6.45, 7) is 4.94. The Hall–Kier alpha value is -4.43. The van der Waals surface area contributed by atoms with Crippen LogP contribution in [0.2, 0.25) is 0 Å². The van der Waals surface area contributed by atoms with Crippen LogP contribution in [0, 0.1) is 18.6 Å². The predicted molar refractivity (Wildman–Crippen MR) is 155 cm³/mol. The quantitative estimate of drug-likeness (QED) is 0.187. The van der Waals surface area contributed by atoms with Crippen molar-refractivity contribution < 1.29 is 27.8 Å². The molecular weight excluding hydrogens is 526 g/mol. The van der Waals surface area contributed by atoms with E-state index in [2.05, 4.69) is 35.8 Å². The molecule has 41 heavy (non-hydrogen) atoms. The van der Waals surface area contributed by atoms with Gasteiger partial charge in [-0.1, -0.05) is 54.6 Å². The molecule has 6 nitrogen and oxygen atoms in total. The average Bonchev–Trinajstić information content (AvgIpc) is 2.97. The molecule has 0 unspecified atom stereocenters. The number of ether oxygens (including phenoxy) is 3. The van der Waals surface area contributed by atoms with Gasteiger partial charge in [0.15, 0.2) is 11.6 Å². The SMILES string of the molecule is COc1ccc(F)c(COc2cc(OCc3cccc(-c4ccccc4)c3C)ccc2CNCCNC(C)=O)c1F. The summed E-state index contributed by atoms with van der Waals surface area (Å²) in [5.41, 5.74) is 4.98. The van der Waals surface area contributed by atoms with Crippen LogP contribution in [0.3, 0.4) is 0 Å². The maximum absolute atomic E-state index is 14.8. The number of methoxy groups -OCH3 is 1. The maximum Gasteiger partial charge on any atom is 0.216 e. The van der Waals surface area contributed by atoms with E-state index in [1.54, 1.807) is 6.07 Å². The van der Waals surface area contributed by atoms with E-state index in [0.717, 1.165) is 33.9 Å². The van der Waals surface area contributed by atoms with Crippen LogP contribution in [-0.4, -0.2) is 26.1 Å². The molecule has 0 fully saturated rings. The van der Waals surface area contributed by atoms with Gasteiger partial charge in [-0.15, -0.1) is 0 Å². The number of nitrogens with one attached hydrogen (secondary N) is 2. The summed E-state index contributed by atoms with van der Waals surface area (Å²) in [6, 6.07) is 24.1. The van der Waals surface area contributed by atoms with Crippen LogP contribution in [0.5, 0.6) is 17.2 Å². The summed E-state index contributed by atoms with van der Waals surface area (Å²) in [5.74, 6) is -0.716. The van der Waals surface area contributed by atoms with Gasteiger partial charge in [-0.2, -0.15) is 0 Å². The van der Waals surface area contributed by atoms with Gasteiger partial charge in [0, 0.05) is 38.2 Å². The van der Waals surface area contributed by atoms with E-state index in [-0.39, 0.29) is 23.8 Å². The molecule has 214 valence electrons. The van der Waals surface area contributed by atoms with Crippen LogP contribution in [0.25, 0.3) is 11.1 Å². The third kappa shape index (κ3) is 7.83. The number of carbonyl (C=O) groups excluding carboxylic acids is 1. The summed E-state index contributed by atoms with van der Waals surface area (Å²) in [4.78, 5) is 11.1. The maximum atomic E-state index is 14.8. The zero-order valence-electron chi connectivity index (χ0n) is 23.4. The molecule has 0 aliphatic heterocycles. The van der Waals surface area contributed by atoms with E-state index in [1.165, 1.54) is 20.1 Å². The van der Waals surface area contributed by atoms with Gasteiger partial charge in [-0.05, 0) is 47.4 Å². The summed E-state index contributed by atoms with van der Waals surface area (Å²) in [5, 5.41) is 5.97. The minimum atomic E-state index is -0.802. The Kier molecular flexibility index (Phi) is 10.3. The lowest BCUT2D eigenvalue weighted by atomic mass is 9.97. The monoisotopic (exact) mass is 560 g/mol. The molecule has 4 aromatic rings. The minimum absolute atomic E-state index is 0.0601. The summed E-state index contributed by atoms with van der Waals surface area (Å²) in [7, 11) is 1.32. The van der Waals surface area contributed by atoms with Crippen molar-refractivity contribution in [3.8, 4) is 28.4 Å². The number of carbonyl (C=O) groups is 1. The van der Waals surface area contributed by atoms with E-state index >= 15 is 0 Å². The fourth-order valence-corrected chi connectivity index (χ4v) is 4.40. The smallest absolute Gasteiger partial charge is 0.216 e. The van der Waals surface area contributed by atoms with Crippen molar-refractivity contribution in [2.45, 2.75) is 33.6 Å². The molecule has 0 heterocycles. The van der Waals surface area contributed by atoms with Crippen LogP contribution in [0.1, 0.15) is 29.2 Å². The zero-order chi connectivity index (χ0) is 29.2. The molecule has 4 aromatic carbocycles. The summed E-state index contributed by atoms with van der Waals surface area (Å²) >= 11 is 0. The van der Waals surface area contributed by atoms with E-state index in [0.29, 0.717) is 37.7 Å². The van der Waals surface area contributed by atoms with E-state index < -0.39 is 11.6 Å². The second kappa shape index (κ2) is 14.3. The highest BCUT2D eigenvalue weighted by Gasteiger charge is 2.16. The van der Waals surface area contributed by atoms with Gasteiger partial charge in [0.2, 0.25) is 5.91 Å². The first-order valence-corrected chi connectivity index (χ1v) is 13.4. The van der Waals surface area contributed by atoms with Gasteiger partial charge in [-0.3, -0.25) is 4.79 Å². The van der Waals surface area contributed by atoms with Gasteiger partial charge < -0.3 is 24.8 Å². The van der Waals surface area contributed by atoms with Gasteiger partial charge in [-0.25, -0.2) is 8.78 Å². The highest BCUT2D eigenvalue weighted by Crippen LogP contribution is 2.30. The summed E-state index contributed by atoms with van der Waals surface area (Å²) < 4.78 is 46.3. The molecule has 8 heteroatoms. The highest BCUT2D eigenvalue weighted by molar-refractivity contribution is 5.72. The number of hydrogen-bond acceptors (Lipinski definition) is 5. The standard InChI is InChI=1S/C33H34F2N2O4/c1-22-26(10-7-11-28(22)24-8-5-4-6-9-24)20-40-27-13-12-25(19-36-16-17-37-23(2)38)32(18-27)41-21-29-30(34)14-15-31(39-3)33(29)35/h4-15,18,36H,16-17,19-21H2,1-3H3,(H,37,38). The van der Waals surface area contributed by atoms with E-state index in [1.807, 2.05) is 42.5 Å². The van der Waals surface area contributed by atoms with Crippen molar-refractivity contribution in [3.05, 3.63) is 113 Å². The van der Waals surface area contributed by atoms with Gasteiger partial charge in [0.05, 0.1) is 12.7 Å². The lowest BCUT2D eigenvalue weighted by Gasteiger charge is -2.17.